The van der Waals surface area contributed by atoms with E-state index in [-0.39, 0.29) is 5.82 Å². The highest BCUT2D eigenvalue weighted by atomic mass is 19.1. The van der Waals surface area contributed by atoms with Crippen LogP contribution in [0.5, 0.6) is 11.5 Å². The van der Waals surface area contributed by atoms with E-state index in [2.05, 4.69) is 18.7 Å². The number of carbonyl (C=O) groups is 1. The Kier molecular flexibility index (Phi) is 8.08. The van der Waals surface area contributed by atoms with Gasteiger partial charge in [-0.15, -0.1) is 0 Å². The Morgan fingerprint density at radius 2 is 1.80 bits per heavy atom. The smallest absolute Gasteiger partial charge is 0.419 e. The van der Waals surface area contributed by atoms with Gasteiger partial charge in [0.25, 0.3) is 0 Å². The van der Waals surface area contributed by atoms with E-state index in [1.807, 2.05) is 18.2 Å². The molecule has 0 fully saturated rings. The van der Waals surface area contributed by atoms with Crippen LogP contribution in [0.25, 0.3) is 0 Å². The number of rotatable bonds is 9. The normalized spacial score (nSPS) is 13.3. The van der Waals surface area contributed by atoms with Crippen LogP contribution in [0.15, 0.2) is 42.5 Å². The molecule has 1 heterocycles. The van der Waals surface area contributed by atoms with E-state index in [0.717, 1.165) is 62.3 Å². The van der Waals surface area contributed by atoms with E-state index < -0.39 is 6.09 Å². The summed E-state index contributed by atoms with van der Waals surface area (Å²) in [5, 5.41) is 0. The Labute approximate surface area is 178 Å². The number of unbranched alkanes of at least 4 members (excludes halogenated alkanes) is 1. The van der Waals surface area contributed by atoms with Crippen molar-refractivity contribution in [3.05, 3.63) is 53.8 Å². The minimum Gasteiger partial charge on any atom is -0.494 e. The lowest BCUT2D eigenvalue weighted by Crippen LogP contribution is -2.37. The molecule has 0 unspecified atom stereocenters. The fraction of sp³-hybridized carbons (Fsp3) is 0.458. The summed E-state index contributed by atoms with van der Waals surface area (Å²) in [6.45, 7) is 8.93. The van der Waals surface area contributed by atoms with Gasteiger partial charge in [-0.1, -0.05) is 13.8 Å². The molecule has 0 atom stereocenters. The Morgan fingerprint density at radius 1 is 1.07 bits per heavy atom. The Hall–Kier alpha value is -2.60. The number of aryl methyl sites for hydroxylation is 1. The van der Waals surface area contributed by atoms with E-state index >= 15 is 0 Å². The molecular weight excluding hydrogens is 383 g/mol. The largest absolute Gasteiger partial charge is 0.494 e. The average molecular weight is 415 g/mol. The molecule has 30 heavy (non-hydrogen) atoms. The van der Waals surface area contributed by atoms with Gasteiger partial charge in [-0.2, -0.15) is 0 Å². The van der Waals surface area contributed by atoms with Crippen LogP contribution in [0.2, 0.25) is 0 Å². The zero-order valence-corrected chi connectivity index (χ0v) is 17.9. The molecule has 2 aromatic rings. The summed E-state index contributed by atoms with van der Waals surface area (Å²) in [4.78, 5) is 16.7. The third-order valence-corrected chi connectivity index (χ3v) is 5.44. The number of nitrogens with zero attached hydrogens (tertiary/aromatic N) is 2. The van der Waals surface area contributed by atoms with Gasteiger partial charge in [0, 0.05) is 6.54 Å². The third-order valence-electron chi connectivity index (χ3n) is 5.44. The lowest BCUT2D eigenvalue weighted by atomic mass is 10.0. The molecule has 1 aliphatic rings. The molecule has 0 aliphatic carbocycles. The molecule has 5 nitrogen and oxygen atoms in total. The predicted molar refractivity (Wildman–Crippen MR) is 117 cm³/mol. The van der Waals surface area contributed by atoms with Crippen LogP contribution in [0.3, 0.4) is 0 Å². The average Bonchev–Trinajstić information content (AvgIpc) is 2.77. The van der Waals surface area contributed by atoms with E-state index in [1.165, 1.54) is 24.3 Å². The number of anilines is 1. The molecule has 2 aromatic carbocycles. The van der Waals surface area contributed by atoms with Crippen LogP contribution in [0.1, 0.15) is 38.7 Å². The number of hydrogen-bond donors (Lipinski definition) is 0. The SMILES string of the molecule is CCN(CC)CCCCOc1ccc2c(c1)CCCN2C(=O)Oc1ccc(F)cc1. The highest BCUT2D eigenvalue weighted by molar-refractivity contribution is 5.90. The summed E-state index contributed by atoms with van der Waals surface area (Å²) < 4.78 is 24.4. The molecule has 0 spiro atoms. The summed E-state index contributed by atoms with van der Waals surface area (Å²) >= 11 is 0. The molecule has 1 amide bonds. The molecule has 0 aromatic heterocycles. The Morgan fingerprint density at radius 3 is 2.53 bits per heavy atom. The van der Waals surface area contributed by atoms with Gasteiger partial charge in [-0.05, 0) is 93.3 Å². The van der Waals surface area contributed by atoms with Gasteiger partial charge >= 0.3 is 6.09 Å². The summed E-state index contributed by atoms with van der Waals surface area (Å²) in [7, 11) is 0. The van der Waals surface area contributed by atoms with Crippen molar-refractivity contribution in [3.63, 3.8) is 0 Å². The molecule has 0 bridgehead atoms. The second-order valence-corrected chi connectivity index (χ2v) is 7.45. The van der Waals surface area contributed by atoms with Gasteiger partial charge in [-0.25, -0.2) is 9.18 Å². The van der Waals surface area contributed by atoms with Gasteiger partial charge in [0.1, 0.15) is 17.3 Å². The van der Waals surface area contributed by atoms with E-state index in [0.29, 0.717) is 18.9 Å². The maximum absolute atomic E-state index is 13.0. The molecule has 0 radical (unpaired) electrons. The van der Waals surface area contributed by atoms with E-state index in [9.17, 15) is 9.18 Å². The molecule has 0 saturated carbocycles. The van der Waals surface area contributed by atoms with Crippen molar-refractivity contribution in [3.8, 4) is 11.5 Å². The number of hydrogen-bond acceptors (Lipinski definition) is 4. The lowest BCUT2D eigenvalue weighted by molar-refractivity contribution is 0.207. The monoisotopic (exact) mass is 414 g/mol. The van der Waals surface area contributed by atoms with Crippen molar-refractivity contribution in [1.29, 1.82) is 0 Å². The highest BCUT2D eigenvalue weighted by Gasteiger charge is 2.24. The fourth-order valence-corrected chi connectivity index (χ4v) is 3.68. The maximum atomic E-state index is 13.0. The maximum Gasteiger partial charge on any atom is 0.419 e. The topological polar surface area (TPSA) is 42.0 Å². The molecule has 1 aliphatic heterocycles. The van der Waals surface area contributed by atoms with Gasteiger partial charge in [0.05, 0.1) is 12.3 Å². The van der Waals surface area contributed by atoms with E-state index in [1.54, 1.807) is 4.90 Å². The van der Waals surface area contributed by atoms with Crippen molar-refractivity contribution in [2.45, 2.75) is 39.5 Å². The minimum atomic E-state index is -0.451. The van der Waals surface area contributed by atoms with Crippen LogP contribution < -0.4 is 14.4 Å². The Bertz CT molecular complexity index is 822. The molecule has 0 N–H and O–H groups in total. The van der Waals surface area contributed by atoms with Crippen LogP contribution >= 0.6 is 0 Å². The second-order valence-electron chi connectivity index (χ2n) is 7.45. The van der Waals surface area contributed by atoms with Gasteiger partial charge < -0.3 is 14.4 Å². The van der Waals surface area contributed by atoms with Gasteiger partial charge in [-0.3, -0.25) is 4.90 Å². The number of halogens is 1. The summed E-state index contributed by atoms with van der Waals surface area (Å²) in [5.74, 6) is 0.808. The van der Waals surface area contributed by atoms with Gasteiger partial charge in [0.2, 0.25) is 0 Å². The lowest BCUT2D eigenvalue weighted by Gasteiger charge is -2.29. The van der Waals surface area contributed by atoms with E-state index in [4.69, 9.17) is 9.47 Å². The number of fused-ring (bicyclic) bond motifs is 1. The summed E-state index contributed by atoms with van der Waals surface area (Å²) in [5.41, 5.74) is 1.93. The molecular formula is C24H31FN2O3. The summed E-state index contributed by atoms with van der Waals surface area (Å²) in [6.07, 6.45) is 3.44. The van der Waals surface area contributed by atoms with Crippen LogP contribution in [-0.4, -0.2) is 43.8 Å². The van der Waals surface area contributed by atoms with Crippen molar-refractivity contribution >= 4 is 11.8 Å². The first-order chi connectivity index (χ1) is 14.6. The summed E-state index contributed by atoms with van der Waals surface area (Å²) in [6, 6.07) is 11.3. The first-order valence-corrected chi connectivity index (χ1v) is 10.8. The zero-order valence-electron chi connectivity index (χ0n) is 17.9. The minimum absolute atomic E-state index is 0.332. The first-order valence-electron chi connectivity index (χ1n) is 10.8. The fourth-order valence-electron chi connectivity index (χ4n) is 3.68. The van der Waals surface area contributed by atoms with Crippen molar-refractivity contribution in [2.75, 3.05) is 37.7 Å². The van der Waals surface area contributed by atoms with Crippen LogP contribution in [0, 0.1) is 5.82 Å². The van der Waals surface area contributed by atoms with Crippen molar-refractivity contribution in [2.24, 2.45) is 0 Å². The van der Waals surface area contributed by atoms with Crippen molar-refractivity contribution in [1.82, 2.24) is 4.90 Å². The second kappa shape index (κ2) is 11.0. The first kappa shape index (κ1) is 22.1. The zero-order chi connectivity index (χ0) is 21.3. The molecule has 0 saturated heterocycles. The van der Waals surface area contributed by atoms with Crippen molar-refractivity contribution < 1.29 is 18.7 Å². The third kappa shape index (κ3) is 5.95. The standard InChI is InChI=1S/C24H31FN2O3/c1-3-26(4-2)15-5-6-17-29-22-13-14-23-19(18-22)8-7-16-27(23)24(28)30-21-11-9-20(25)10-12-21/h9-14,18H,3-8,15-17H2,1-2H3. The number of benzene rings is 2. The quantitative estimate of drug-likeness (QED) is 0.524. The number of carbonyl (C=O) groups excluding carboxylic acids is 1. The predicted octanol–water partition coefficient (Wildman–Crippen LogP) is 5.28. The van der Waals surface area contributed by atoms with Crippen LogP contribution in [-0.2, 0) is 6.42 Å². The molecule has 162 valence electrons. The number of ether oxygens (including phenoxy) is 2. The Balaban J connectivity index is 1.55. The van der Waals surface area contributed by atoms with Crippen LogP contribution in [0.4, 0.5) is 14.9 Å². The number of amides is 1. The molecule has 3 rings (SSSR count). The molecule has 6 heteroatoms. The van der Waals surface area contributed by atoms with Gasteiger partial charge in [0.15, 0.2) is 0 Å². The highest BCUT2D eigenvalue weighted by Crippen LogP contribution is 2.31.